The molecule has 3 heteroatoms. The minimum absolute atomic E-state index is 0.112. The summed E-state index contributed by atoms with van der Waals surface area (Å²) in [5, 5.41) is 0. The summed E-state index contributed by atoms with van der Waals surface area (Å²) in [6, 6.07) is 0. The molecule has 0 amide bonds. The average Bonchev–Trinajstić information content (AvgIpc) is 2.44. The molecule has 2 rings (SSSR count). The zero-order valence-corrected chi connectivity index (χ0v) is 16.6. The van der Waals surface area contributed by atoms with Crippen molar-refractivity contribution in [1.29, 1.82) is 0 Å². The minimum atomic E-state index is -0.113. The second-order valence-electron chi connectivity index (χ2n) is 9.12. The van der Waals surface area contributed by atoms with Gasteiger partial charge in [-0.15, -0.1) is 0 Å². The third kappa shape index (κ3) is 3.93. The van der Waals surface area contributed by atoms with E-state index in [2.05, 4.69) is 62.3 Å². The maximum atomic E-state index is 6.46. The van der Waals surface area contributed by atoms with Gasteiger partial charge in [0, 0.05) is 6.42 Å². The summed E-state index contributed by atoms with van der Waals surface area (Å²) in [6.45, 7) is 20.4. The highest BCUT2D eigenvalue weighted by atomic mass is 16.7. The predicted molar refractivity (Wildman–Crippen MR) is 94.3 cm³/mol. The third-order valence-electron chi connectivity index (χ3n) is 6.66. The van der Waals surface area contributed by atoms with E-state index >= 15 is 0 Å². The number of hydrogen-bond acceptors (Lipinski definition) is 3. The van der Waals surface area contributed by atoms with Gasteiger partial charge in [-0.05, 0) is 42.9 Å². The number of ether oxygens (including phenoxy) is 3. The van der Waals surface area contributed by atoms with Crippen LogP contribution in [0.1, 0.15) is 68.7 Å². The Labute approximate surface area is 143 Å². The summed E-state index contributed by atoms with van der Waals surface area (Å²) >= 11 is 0. The maximum Gasteiger partial charge on any atom is 0.158 e. The van der Waals surface area contributed by atoms with Crippen LogP contribution in [0.5, 0.6) is 0 Å². The van der Waals surface area contributed by atoms with E-state index in [-0.39, 0.29) is 30.0 Å². The molecule has 2 saturated heterocycles. The molecular formula is C20H38O3. The topological polar surface area (TPSA) is 27.7 Å². The van der Waals surface area contributed by atoms with Crippen molar-refractivity contribution >= 4 is 0 Å². The summed E-state index contributed by atoms with van der Waals surface area (Å²) in [6.07, 6.45) is 1.63. The summed E-state index contributed by atoms with van der Waals surface area (Å²) in [5.41, 5.74) is 0.246. The van der Waals surface area contributed by atoms with Crippen LogP contribution in [0, 0.1) is 29.1 Å². The number of rotatable bonds is 3. The Balaban J connectivity index is 2.05. The first-order valence-corrected chi connectivity index (χ1v) is 9.51. The van der Waals surface area contributed by atoms with Gasteiger partial charge < -0.3 is 14.2 Å². The van der Waals surface area contributed by atoms with Crippen LogP contribution < -0.4 is 0 Å². The lowest BCUT2D eigenvalue weighted by Crippen LogP contribution is -2.53. The predicted octanol–water partition coefficient (Wildman–Crippen LogP) is 4.88. The average molecular weight is 327 g/mol. The van der Waals surface area contributed by atoms with Gasteiger partial charge >= 0.3 is 0 Å². The fraction of sp³-hybridized carbons (Fsp3) is 1.00. The number of hydrogen-bond donors (Lipinski definition) is 0. The van der Waals surface area contributed by atoms with Gasteiger partial charge in [-0.3, -0.25) is 0 Å². The Morgan fingerprint density at radius 2 is 1.52 bits per heavy atom. The highest BCUT2D eigenvalue weighted by Gasteiger charge is 2.45. The molecule has 136 valence electrons. The fourth-order valence-corrected chi connectivity index (χ4v) is 4.39. The molecule has 2 aliphatic rings. The van der Waals surface area contributed by atoms with Crippen LogP contribution in [0.3, 0.4) is 0 Å². The van der Waals surface area contributed by atoms with E-state index in [1.807, 2.05) is 0 Å². The molecule has 0 aliphatic carbocycles. The van der Waals surface area contributed by atoms with Crippen LogP contribution in [-0.2, 0) is 14.2 Å². The van der Waals surface area contributed by atoms with E-state index in [0.29, 0.717) is 29.8 Å². The zero-order chi connectivity index (χ0) is 17.5. The summed E-state index contributed by atoms with van der Waals surface area (Å²) in [7, 11) is 0. The molecule has 0 aromatic heterocycles. The Hall–Kier alpha value is -0.120. The van der Waals surface area contributed by atoms with E-state index in [4.69, 9.17) is 14.2 Å². The summed E-state index contributed by atoms with van der Waals surface area (Å²) in [4.78, 5) is 0. The van der Waals surface area contributed by atoms with E-state index in [1.165, 1.54) is 0 Å². The maximum absolute atomic E-state index is 6.46. The third-order valence-corrected chi connectivity index (χ3v) is 6.66. The molecule has 8 atom stereocenters. The molecule has 2 heterocycles. The lowest BCUT2D eigenvalue weighted by molar-refractivity contribution is -0.289. The van der Waals surface area contributed by atoms with Crippen LogP contribution in [0.15, 0.2) is 0 Å². The molecule has 0 bridgehead atoms. The van der Waals surface area contributed by atoms with Gasteiger partial charge in [0.25, 0.3) is 0 Å². The largest absolute Gasteiger partial charge is 0.372 e. The second kappa shape index (κ2) is 7.01. The van der Waals surface area contributed by atoms with Crippen molar-refractivity contribution < 1.29 is 14.2 Å². The van der Waals surface area contributed by atoms with Gasteiger partial charge in [-0.2, -0.15) is 0 Å². The van der Waals surface area contributed by atoms with Crippen LogP contribution in [-0.4, -0.2) is 30.7 Å². The Morgan fingerprint density at radius 3 is 2.04 bits per heavy atom. The van der Waals surface area contributed by atoms with Crippen LogP contribution in [0.2, 0.25) is 0 Å². The van der Waals surface area contributed by atoms with Crippen LogP contribution in [0.4, 0.5) is 0 Å². The van der Waals surface area contributed by atoms with Crippen molar-refractivity contribution in [3.8, 4) is 0 Å². The molecule has 0 aromatic carbocycles. The smallest absolute Gasteiger partial charge is 0.158 e. The Bertz CT molecular complexity index is 392. The van der Waals surface area contributed by atoms with Gasteiger partial charge in [0.15, 0.2) is 6.29 Å². The van der Waals surface area contributed by atoms with E-state index in [1.54, 1.807) is 0 Å². The van der Waals surface area contributed by atoms with Crippen molar-refractivity contribution in [2.45, 2.75) is 99.4 Å². The standard InChI is InChI=1S/C20H38O3/c1-11(2)18-12(3)13(4)19(16(7)22-18)23-17-10-20(8,9)14(5)15(6)21-17/h11-19H,10H2,1-9H3/t12?,13?,14-,15?,16?,17-,18-,19-/m0/s1. The van der Waals surface area contributed by atoms with Crippen LogP contribution in [0.25, 0.3) is 0 Å². The summed E-state index contributed by atoms with van der Waals surface area (Å²) < 4.78 is 18.9. The van der Waals surface area contributed by atoms with E-state index in [0.717, 1.165) is 6.42 Å². The first-order valence-electron chi connectivity index (χ1n) is 9.51. The normalized spacial score (nSPS) is 47.7. The molecular weight excluding hydrogens is 288 g/mol. The van der Waals surface area contributed by atoms with Crippen LogP contribution >= 0.6 is 0 Å². The molecule has 23 heavy (non-hydrogen) atoms. The SMILES string of the molecule is CC(C)[C@@H]1OC(C)[C@@H](O[C@H]2CC(C)(C)[C@@H](C)C(C)O2)C(C)C1C. The molecule has 3 nitrogen and oxygen atoms in total. The van der Waals surface area contributed by atoms with Gasteiger partial charge in [0.05, 0.1) is 24.4 Å². The van der Waals surface area contributed by atoms with Gasteiger partial charge in [0.2, 0.25) is 0 Å². The molecule has 0 spiro atoms. The van der Waals surface area contributed by atoms with Crippen molar-refractivity contribution in [3.05, 3.63) is 0 Å². The highest BCUT2D eigenvalue weighted by molar-refractivity contribution is 4.90. The van der Waals surface area contributed by atoms with E-state index < -0.39 is 0 Å². The monoisotopic (exact) mass is 326 g/mol. The van der Waals surface area contributed by atoms with E-state index in [9.17, 15) is 0 Å². The second-order valence-corrected chi connectivity index (χ2v) is 9.12. The molecule has 2 aliphatic heterocycles. The quantitative estimate of drug-likeness (QED) is 0.739. The van der Waals surface area contributed by atoms with Crippen molar-refractivity contribution in [2.24, 2.45) is 29.1 Å². The lowest BCUT2D eigenvalue weighted by Gasteiger charge is -2.49. The van der Waals surface area contributed by atoms with Gasteiger partial charge in [0.1, 0.15) is 0 Å². The van der Waals surface area contributed by atoms with Gasteiger partial charge in [-0.1, -0.05) is 48.5 Å². The highest BCUT2D eigenvalue weighted by Crippen LogP contribution is 2.43. The summed E-state index contributed by atoms with van der Waals surface area (Å²) in [5.74, 6) is 2.07. The molecule has 0 aromatic rings. The molecule has 0 radical (unpaired) electrons. The first kappa shape index (κ1) is 19.2. The molecule has 2 fully saturated rings. The van der Waals surface area contributed by atoms with Crippen molar-refractivity contribution in [1.82, 2.24) is 0 Å². The molecule has 0 saturated carbocycles. The molecule has 4 unspecified atom stereocenters. The molecule has 0 N–H and O–H groups in total. The fourth-order valence-electron chi connectivity index (χ4n) is 4.39. The lowest BCUT2D eigenvalue weighted by atomic mass is 9.72. The minimum Gasteiger partial charge on any atom is -0.372 e. The first-order chi connectivity index (χ1) is 10.5. The zero-order valence-electron chi connectivity index (χ0n) is 16.6. The Morgan fingerprint density at radius 1 is 0.913 bits per heavy atom. The van der Waals surface area contributed by atoms with Crippen molar-refractivity contribution in [2.75, 3.05) is 0 Å². The van der Waals surface area contributed by atoms with Crippen molar-refractivity contribution in [3.63, 3.8) is 0 Å². The Kier molecular flexibility index (Phi) is 5.86. The van der Waals surface area contributed by atoms with Gasteiger partial charge in [-0.25, -0.2) is 0 Å².